The van der Waals surface area contributed by atoms with Gasteiger partial charge in [-0.05, 0) is 12.5 Å². The highest BCUT2D eigenvalue weighted by Crippen LogP contribution is 2.09. The van der Waals surface area contributed by atoms with E-state index in [0.717, 1.165) is 11.1 Å². The van der Waals surface area contributed by atoms with Crippen molar-refractivity contribution >= 4 is 15.7 Å². The molecular formula is C14H19NO5S. The van der Waals surface area contributed by atoms with Gasteiger partial charge in [-0.25, -0.2) is 8.42 Å². The number of morpholine rings is 1. The second kappa shape index (κ2) is 7.02. The SMILES string of the molecule is Cc1ccc(CS(=O)(=O)COC[C@@H]2COCC(=O)N2)cc1. The van der Waals surface area contributed by atoms with Crippen molar-refractivity contribution in [3.05, 3.63) is 35.4 Å². The highest BCUT2D eigenvalue weighted by molar-refractivity contribution is 7.90. The van der Waals surface area contributed by atoms with Crippen LogP contribution in [0.1, 0.15) is 11.1 Å². The van der Waals surface area contributed by atoms with Crippen molar-refractivity contribution < 1.29 is 22.7 Å². The van der Waals surface area contributed by atoms with E-state index in [1.807, 2.05) is 19.1 Å². The molecule has 1 atom stereocenters. The highest BCUT2D eigenvalue weighted by atomic mass is 32.2. The van der Waals surface area contributed by atoms with Crippen LogP contribution in [0.25, 0.3) is 0 Å². The predicted molar refractivity (Wildman–Crippen MR) is 77.4 cm³/mol. The first-order valence-electron chi connectivity index (χ1n) is 6.65. The molecule has 1 aliphatic heterocycles. The van der Waals surface area contributed by atoms with Crippen LogP contribution in [0.5, 0.6) is 0 Å². The van der Waals surface area contributed by atoms with E-state index in [9.17, 15) is 13.2 Å². The second-order valence-corrected chi connectivity index (χ2v) is 7.15. The number of amides is 1. The van der Waals surface area contributed by atoms with E-state index in [-0.39, 0.29) is 36.9 Å². The lowest BCUT2D eigenvalue weighted by atomic mass is 10.2. The Bertz CT molecular complexity index is 582. The third-order valence-corrected chi connectivity index (χ3v) is 4.31. The summed E-state index contributed by atoms with van der Waals surface area (Å²) < 4.78 is 34.1. The van der Waals surface area contributed by atoms with Gasteiger partial charge in [-0.2, -0.15) is 0 Å². The molecule has 6 nitrogen and oxygen atoms in total. The molecule has 1 N–H and O–H groups in total. The normalized spacial score (nSPS) is 19.3. The van der Waals surface area contributed by atoms with E-state index < -0.39 is 9.84 Å². The molecule has 2 rings (SSSR count). The van der Waals surface area contributed by atoms with Crippen LogP contribution in [0, 0.1) is 6.92 Å². The van der Waals surface area contributed by atoms with Gasteiger partial charge in [0.15, 0.2) is 9.84 Å². The summed E-state index contributed by atoms with van der Waals surface area (Å²) >= 11 is 0. The first-order valence-corrected chi connectivity index (χ1v) is 8.47. The molecule has 0 radical (unpaired) electrons. The van der Waals surface area contributed by atoms with Crippen molar-refractivity contribution in [1.82, 2.24) is 5.32 Å². The minimum atomic E-state index is -3.34. The monoisotopic (exact) mass is 313 g/mol. The third-order valence-electron chi connectivity index (χ3n) is 3.01. The van der Waals surface area contributed by atoms with Crippen LogP contribution in [0.4, 0.5) is 0 Å². The van der Waals surface area contributed by atoms with Gasteiger partial charge >= 0.3 is 0 Å². The summed E-state index contributed by atoms with van der Waals surface area (Å²) in [5.74, 6) is -0.633. The summed E-state index contributed by atoms with van der Waals surface area (Å²) in [5, 5.41) is 2.67. The molecule has 0 saturated carbocycles. The van der Waals surface area contributed by atoms with Gasteiger partial charge in [-0.3, -0.25) is 4.79 Å². The Balaban J connectivity index is 1.78. The molecule has 0 aromatic heterocycles. The molecule has 0 unspecified atom stereocenters. The van der Waals surface area contributed by atoms with Gasteiger partial charge in [0.05, 0.1) is 25.0 Å². The fourth-order valence-electron chi connectivity index (χ4n) is 1.99. The molecule has 0 bridgehead atoms. The summed E-state index contributed by atoms with van der Waals surface area (Å²) in [6.45, 7) is 2.45. The predicted octanol–water partition coefficient (Wildman–Crippen LogP) is 0.399. The molecule has 116 valence electrons. The smallest absolute Gasteiger partial charge is 0.246 e. The Morgan fingerprint density at radius 1 is 1.33 bits per heavy atom. The van der Waals surface area contributed by atoms with E-state index >= 15 is 0 Å². The molecule has 1 fully saturated rings. The van der Waals surface area contributed by atoms with Crippen molar-refractivity contribution in [3.63, 3.8) is 0 Å². The molecular weight excluding hydrogens is 294 g/mol. The molecule has 1 heterocycles. The Hall–Kier alpha value is -1.44. The van der Waals surface area contributed by atoms with Crippen LogP contribution in [0.3, 0.4) is 0 Å². The van der Waals surface area contributed by atoms with Crippen molar-refractivity contribution in [3.8, 4) is 0 Å². The number of rotatable bonds is 6. The molecule has 1 saturated heterocycles. The highest BCUT2D eigenvalue weighted by Gasteiger charge is 2.20. The molecule has 0 aliphatic carbocycles. The van der Waals surface area contributed by atoms with Crippen LogP contribution in [-0.2, 0) is 29.9 Å². The largest absolute Gasteiger partial charge is 0.369 e. The molecule has 21 heavy (non-hydrogen) atoms. The third kappa shape index (κ3) is 5.45. The molecule has 1 aromatic rings. The van der Waals surface area contributed by atoms with Crippen molar-refractivity contribution in [2.24, 2.45) is 0 Å². The maximum atomic E-state index is 11.9. The quantitative estimate of drug-likeness (QED) is 0.822. The first kappa shape index (κ1) is 15.9. The summed E-state index contributed by atoms with van der Waals surface area (Å²) in [5.41, 5.74) is 1.82. The van der Waals surface area contributed by atoms with E-state index in [2.05, 4.69) is 5.32 Å². The average molecular weight is 313 g/mol. The lowest BCUT2D eigenvalue weighted by molar-refractivity contribution is -0.132. The second-order valence-electron chi connectivity index (χ2n) is 5.14. The van der Waals surface area contributed by atoms with Crippen molar-refractivity contribution in [1.29, 1.82) is 0 Å². The zero-order valence-electron chi connectivity index (χ0n) is 11.9. The van der Waals surface area contributed by atoms with Crippen molar-refractivity contribution in [2.45, 2.75) is 18.7 Å². The molecule has 1 aliphatic rings. The number of sulfone groups is 1. The Labute approximate surface area is 124 Å². The van der Waals surface area contributed by atoms with Gasteiger partial charge in [-0.1, -0.05) is 29.8 Å². The number of carbonyl (C=O) groups excluding carboxylic acids is 1. The zero-order valence-corrected chi connectivity index (χ0v) is 12.7. The van der Waals surface area contributed by atoms with E-state index in [1.165, 1.54) is 0 Å². The molecule has 1 aromatic carbocycles. The number of nitrogens with one attached hydrogen (secondary N) is 1. The fourth-order valence-corrected chi connectivity index (χ4v) is 3.13. The van der Waals surface area contributed by atoms with Crippen LogP contribution < -0.4 is 5.32 Å². The van der Waals surface area contributed by atoms with Crippen LogP contribution in [0.2, 0.25) is 0 Å². The standard InChI is InChI=1S/C14H19NO5S/c1-11-2-4-12(5-3-11)9-21(17,18)10-20-7-13-6-19-8-14(16)15-13/h2-5,13H,6-10H2,1H3,(H,15,16)/t13-/m0/s1. The topological polar surface area (TPSA) is 81.7 Å². The zero-order chi connectivity index (χ0) is 15.3. The maximum Gasteiger partial charge on any atom is 0.246 e. The minimum Gasteiger partial charge on any atom is -0.369 e. The van der Waals surface area contributed by atoms with Gasteiger partial charge in [0, 0.05) is 0 Å². The van der Waals surface area contributed by atoms with Gasteiger partial charge in [-0.15, -0.1) is 0 Å². The van der Waals surface area contributed by atoms with Gasteiger partial charge in [0.1, 0.15) is 12.5 Å². The molecule has 1 amide bonds. The van der Waals surface area contributed by atoms with Gasteiger partial charge in [0.25, 0.3) is 0 Å². The summed E-state index contributed by atoms with van der Waals surface area (Å²) in [6.07, 6.45) is 0. The van der Waals surface area contributed by atoms with Gasteiger partial charge in [0.2, 0.25) is 5.91 Å². The Morgan fingerprint density at radius 2 is 2.05 bits per heavy atom. The number of carbonyl (C=O) groups is 1. The van der Waals surface area contributed by atoms with Crippen molar-refractivity contribution in [2.75, 3.05) is 25.8 Å². The number of benzene rings is 1. The summed E-state index contributed by atoms with van der Waals surface area (Å²) in [7, 11) is -3.34. The fraction of sp³-hybridized carbons (Fsp3) is 0.500. The minimum absolute atomic E-state index is 0.0439. The van der Waals surface area contributed by atoms with E-state index in [4.69, 9.17) is 9.47 Å². The lowest BCUT2D eigenvalue weighted by Gasteiger charge is -2.23. The van der Waals surface area contributed by atoms with Crippen LogP contribution >= 0.6 is 0 Å². The van der Waals surface area contributed by atoms with Crippen LogP contribution in [-0.4, -0.2) is 46.1 Å². The number of ether oxygens (including phenoxy) is 2. The number of hydrogen-bond donors (Lipinski definition) is 1. The summed E-state index contributed by atoms with van der Waals surface area (Å²) in [4.78, 5) is 11.1. The van der Waals surface area contributed by atoms with Crippen LogP contribution in [0.15, 0.2) is 24.3 Å². The lowest BCUT2D eigenvalue weighted by Crippen LogP contribution is -2.48. The summed E-state index contributed by atoms with van der Waals surface area (Å²) in [6, 6.07) is 7.05. The van der Waals surface area contributed by atoms with E-state index in [1.54, 1.807) is 12.1 Å². The molecule has 7 heteroatoms. The first-order chi connectivity index (χ1) is 9.94. The van der Waals surface area contributed by atoms with Gasteiger partial charge < -0.3 is 14.8 Å². The van der Waals surface area contributed by atoms with E-state index in [0.29, 0.717) is 6.61 Å². The Kier molecular flexibility index (Phi) is 5.33. The molecule has 0 spiro atoms. The number of aryl methyl sites for hydroxylation is 1. The maximum absolute atomic E-state index is 11.9. The Morgan fingerprint density at radius 3 is 2.71 bits per heavy atom. The average Bonchev–Trinajstić information content (AvgIpc) is 2.41. The number of hydrogen-bond acceptors (Lipinski definition) is 5.